The van der Waals surface area contributed by atoms with E-state index in [9.17, 15) is 4.79 Å². The molecule has 1 heterocycles. The van der Waals surface area contributed by atoms with Gasteiger partial charge in [-0.2, -0.15) is 0 Å². The van der Waals surface area contributed by atoms with Crippen LogP contribution in [0.2, 0.25) is 0 Å². The van der Waals surface area contributed by atoms with Gasteiger partial charge in [-0.15, -0.1) is 0 Å². The molecule has 2 aliphatic rings. The Morgan fingerprint density at radius 2 is 2.06 bits per heavy atom. The molecule has 0 radical (unpaired) electrons. The molecule has 0 aromatic rings. The molecule has 0 atom stereocenters. The monoisotopic (exact) mass is 239 g/mol. The zero-order valence-electron chi connectivity index (χ0n) is 11.0. The summed E-state index contributed by atoms with van der Waals surface area (Å²) in [5.41, 5.74) is 0. The van der Waals surface area contributed by atoms with Gasteiger partial charge < -0.3 is 10.2 Å². The highest BCUT2D eigenvalue weighted by atomic mass is 16.2. The van der Waals surface area contributed by atoms with Gasteiger partial charge in [0.05, 0.1) is 6.54 Å². The minimum Gasteiger partial charge on any atom is -0.342 e. The molecule has 1 aliphatic carbocycles. The van der Waals surface area contributed by atoms with Crippen LogP contribution in [0.5, 0.6) is 0 Å². The van der Waals surface area contributed by atoms with E-state index < -0.39 is 0 Å². The Bertz CT molecular complexity index is 247. The molecule has 0 unspecified atom stereocenters. The number of nitrogens with zero attached hydrogens (tertiary/aromatic N) is 2. The van der Waals surface area contributed by atoms with Gasteiger partial charge >= 0.3 is 0 Å². The molecule has 2 fully saturated rings. The predicted octanol–water partition coefficient (Wildman–Crippen LogP) is 0.540. The number of carbonyl (C=O) groups excluding carboxylic acids is 1. The molecule has 4 heteroatoms. The minimum absolute atomic E-state index is 0.321. The first-order valence-corrected chi connectivity index (χ1v) is 7.00. The summed E-state index contributed by atoms with van der Waals surface area (Å²) in [5, 5.41) is 3.32. The lowest BCUT2D eigenvalue weighted by Gasteiger charge is -2.34. The van der Waals surface area contributed by atoms with E-state index in [1.165, 1.54) is 19.3 Å². The maximum absolute atomic E-state index is 12.2. The van der Waals surface area contributed by atoms with Crippen molar-refractivity contribution in [3.05, 3.63) is 0 Å². The number of carbonyl (C=O) groups is 1. The molecular weight excluding hydrogens is 214 g/mol. The Balaban J connectivity index is 1.74. The van der Waals surface area contributed by atoms with E-state index in [2.05, 4.69) is 17.1 Å². The SMILES string of the molecule is CCN(CC1CCC1)C(=O)CN1CCNCC1. The van der Waals surface area contributed by atoms with E-state index in [1.807, 2.05) is 4.90 Å². The van der Waals surface area contributed by atoms with Crippen LogP contribution in [0.3, 0.4) is 0 Å². The average Bonchev–Trinajstić information content (AvgIpc) is 2.29. The van der Waals surface area contributed by atoms with E-state index in [-0.39, 0.29) is 0 Å². The summed E-state index contributed by atoms with van der Waals surface area (Å²) in [6.07, 6.45) is 3.99. The van der Waals surface area contributed by atoms with Crippen molar-refractivity contribution in [2.75, 3.05) is 45.8 Å². The summed E-state index contributed by atoms with van der Waals surface area (Å²) >= 11 is 0. The fraction of sp³-hybridized carbons (Fsp3) is 0.923. The summed E-state index contributed by atoms with van der Waals surface area (Å²) in [6, 6.07) is 0. The van der Waals surface area contributed by atoms with E-state index >= 15 is 0 Å². The summed E-state index contributed by atoms with van der Waals surface area (Å²) in [5.74, 6) is 1.10. The third-order valence-corrected chi connectivity index (χ3v) is 4.01. The first-order chi connectivity index (χ1) is 8.29. The lowest BCUT2D eigenvalue weighted by Crippen LogP contribution is -2.49. The molecular formula is C13H25N3O. The minimum atomic E-state index is 0.321. The first-order valence-electron chi connectivity index (χ1n) is 7.00. The Morgan fingerprint density at radius 3 is 2.59 bits per heavy atom. The van der Waals surface area contributed by atoms with Crippen molar-refractivity contribution >= 4 is 5.91 Å². The van der Waals surface area contributed by atoms with Gasteiger partial charge in [-0.25, -0.2) is 0 Å². The molecule has 0 aromatic carbocycles. The number of piperazine rings is 1. The average molecular weight is 239 g/mol. The molecule has 0 aromatic heterocycles. The van der Waals surface area contributed by atoms with Gasteiger partial charge in [0.1, 0.15) is 0 Å². The molecule has 2 rings (SSSR count). The zero-order valence-corrected chi connectivity index (χ0v) is 11.0. The van der Waals surface area contributed by atoms with Crippen LogP contribution in [0, 0.1) is 5.92 Å². The molecule has 1 saturated heterocycles. The quantitative estimate of drug-likeness (QED) is 0.760. The highest BCUT2D eigenvalue weighted by molar-refractivity contribution is 5.78. The number of rotatable bonds is 5. The second-order valence-electron chi connectivity index (χ2n) is 5.26. The van der Waals surface area contributed by atoms with Crippen molar-refractivity contribution in [2.24, 2.45) is 5.92 Å². The molecule has 1 aliphatic heterocycles. The van der Waals surface area contributed by atoms with Crippen LogP contribution in [0.25, 0.3) is 0 Å². The maximum Gasteiger partial charge on any atom is 0.236 e. The molecule has 4 nitrogen and oxygen atoms in total. The highest BCUT2D eigenvalue weighted by Gasteiger charge is 2.24. The Labute approximate surface area is 104 Å². The number of likely N-dealkylation sites (N-methyl/N-ethyl adjacent to an activating group) is 1. The van der Waals surface area contributed by atoms with Crippen LogP contribution in [0.4, 0.5) is 0 Å². The number of nitrogens with one attached hydrogen (secondary N) is 1. The van der Waals surface area contributed by atoms with Gasteiger partial charge in [-0.1, -0.05) is 6.42 Å². The van der Waals surface area contributed by atoms with Gasteiger partial charge in [0.15, 0.2) is 0 Å². The van der Waals surface area contributed by atoms with Crippen LogP contribution in [-0.2, 0) is 4.79 Å². The molecule has 17 heavy (non-hydrogen) atoms. The second-order valence-corrected chi connectivity index (χ2v) is 5.26. The highest BCUT2D eigenvalue weighted by Crippen LogP contribution is 2.27. The molecule has 1 amide bonds. The Morgan fingerprint density at radius 1 is 1.35 bits per heavy atom. The summed E-state index contributed by atoms with van der Waals surface area (Å²) in [4.78, 5) is 16.5. The molecule has 1 N–H and O–H groups in total. The van der Waals surface area contributed by atoms with E-state index in [0.717, 1.165) is 45.2 Å². The fourth-order valence-electron chi connectivity index (χ4n) is 2.55. The standard InChI is InChI=1S/C13H25N3O/c1-2-16(10-12-4-3-5-12)13(17)11-15-8-6-14-7-9-15/h12,14H,2-11H2,1H3. The van der Waals surface area contributed by atoms with Crippen LogP contribution < -0.4 is 5.32 Å². The van der Waals surface area contributed by atoms with Crippen LogP contribution in [-0.4, -0.2) is 61.5 Å². The van der Waals surface area contributed by atoms with Crippen molar-refractivity contribution < 1.29 is 4.79 Å². The Hall–Kier alpha value is -0.610. The molecule has 1 saturated carbocycles. The van der Waals surface area contributed by atoms with Gasteiger partial charge in [0.25, 0.3) is 0 Å². The van der Waals surface area contributed by atoms with Gasteiger partial charge in [0, 0.05) is 39.3 Å². The van der Waals surface area contributed by atoms with E-state index in [4.69, 9.17) is 0 Å². The maximum atomic E-state index is 12.2. The number of hydrogen-bond donors (Lipinski definition) is 1. The van der Waals surface area contributed by atoms with Crippen molar-refractivity contribution in [1.82, 2.24) is 15.1 Å². The first kappa shape index (κ1) is 12.8. The number of hydrogen-bond acceptors (Lipinski definition) is 3. The lowest BCUT2D eigenvalue weighted by atomic mass is 9.85. The third kappa shape index (κ3) is 3.68. The van der Waals surface area contributed by atoms with E-state index in [1.54, 1.807) is 0 Å². The summed E-state index contributed by atoms with van der Waals surface area (Å²) in [6.45, 7) is 8.60. The molecule has 0 bridgehead atoms. The number of amides is 1. The van der Waals surface area contributed by atoms with Gasteiger partial charge in [0.2, 0.25) is 5.91 Å². The molecule has 0 spiro atoms. The van der Waals surface area contributed by atoms with E-state index in [0.29, 0.717) is 12.5 Å². The third-order valence-electron chi connectivity index (χ3n) is 4.01. The summed E-state index contributed by atoms with van der Waals surface area (Å²) in [7, 11) is 0. The molecule has 98 valence electrons. The normalized spacial score (nSPS) is 22.2. The van der Waals surface area contributed by atoms with Crippen molar-refractivity contribution in [2.45, 2.75) is 26.2 Å². The Kier molecular flexibility index (Phi) is 4.80. The fourth-order valence-corrected chi connectivity index (χ4v) is 2.55. The van der Waals surface area contributed by atoms with Gasteiger partial charge in [-0.05, 0) is 25.7 Å². The largest absolute Gasteiger partial charge is 0.342 e. The van der Waals surface area contributed by atoms with Crippen molar-refractivity contribution in [1.29, 1.82) is 0 Å². The zero-order chi connectivity index (χ0) is 12.1. The smallest absolute Gasteiger partial charge is 0.236 e. The predicted molar refractivity (Wildman–Crippen MR) is 68.9 cm³/mol. The van der Waals surface area contributed by atoms with Crippen LogP contribution in [0.15, 0.2) is 0 Å². The van der Waals surface area contributed by atoms with Crippen molar-refractivity contribution in [3.63, 3.8) is 0 Å². The van der Waals surface area contributed by atoms with Crippen LogP contribution >= 0.6 is 0 Å². The van der Waals surface area contributed by atoms with Crippen LogP contribution in [0.1, 0.15) is 26.2 Å². The van der Waals surface area contributed by atoms with Gasteiger partial charge in [-0.3, -0.25) is 9.69 Å². The lowest BCUT2D eigenvalue weighted by molar-refractivity contribution is -0.133. The van der Waals surface area contributed by atoms with Crippen molar-refractivity contribution in [3.8, 4) is 0 Å². The topological polar surface area (TPSA) is 35.6 Å². The summed E-state index contributed by atoms with van der Waals surface area (Å²) < 4.78 is 0. The second kappa shape index (κ2) is 6.36.